The maximum absolute atomic E-state index is 12.0. The topological polar surface area (TPSA) is 76.6 Å². The van der Waals surface area contributed by atoms with Crippen molar-refractivity contribution in [3.8, 4) is 0 Å². The minimum Gasteiger partial charge on any atom is -0.444 e. The minimum atomic E-state index is -0.482. The molecule has 0 spiro atoms. The average Bonchev–Trinajstić information content (AvgIpc) is 3.18. The average molecular weight is 393 g/mol. The maximum atomic E-state index is 12.0. The summed E-state index contributed by atoms with van der Waals surface area (Å²) in [7, 11) is 3.76. The van der Waals surface area contributed by atoms with Crippen LogP contribution in [0.15, 0.2) is 12.4 Å². The van der Waals surface area contributed by atoms with Gasteiger partial charge in [0.05, 0.1) is 12.0 Å². The van der Waals surface area contributed by atoms with Gasteiger partial charge in [0, 0.05) is 31.1 Å². The van der Waals surface area contributed by atoms with Crippen LogP contribution in [0.5, 0.6) is 0 Å². The number of alkyl carbamates (subject to hydrolysis) is 1. The van der Waals surface area contributed by atoms with Gasteiger partial charge in [0.15, 0.2) is 0 Å². The molecule has 27 heavy (non-hydrogen) atoms. The predicted octanol–water partition coefficient (Wildman–Crippen LogP) is 3.72. The lowest BCUT2D eigenvalue weighted by atomic mass is 10.2. The normalized spacial score (nSPS) is 20.0. The quantitative estimate of drug-likeness (QED) is 0.836. The maximum Gasteiger partial charge on any atom is 0.407 e. The van der Waals surface area contributed by atoms with Gasteiger partial charge in [0.2, 0.25) is 0 Å². The molecule has 0 aromatic carbocycles. The van der Waals surface area contributed by atoms with Crippen LogP contribution in [0.3, 0.4) is 0 Å². The molecule has 0 aliphatic heterocycles. The molecule has 1 N–H and O–H groups in total. The van der Waals surface area contributed by atoms with E-state index in [1.165, 1.54) is 0 Å². The van der Waals surface area contributed by atoms with E-state index in [4.69, 9.17) is 9.47 Å². The molecule has 0 radical (unpaired) electrons. The Morgan fingerprint density at radius 1 is 1.37 bits per heavy atom. The Balaban J connectivity index is 1.67. The van der Waals surface area contributed by atoms with Gasteiger partial charge in [0.1, 0.15) is 22.6 Å². The fourth-order valence-electron chi connectivity index (χ4n) is 3.48. The summed E-state index contributed by atoms with van der Waals surface area (Å²) < 4.78 is 10.6. The third kappa shape index (κ3) is 4.87. The van der Waals surface area contributed by atoms with E-state index in [1.54, 1.807) is 24.8 Å². The highest BCUT2D eigenvalue weighted by atomic mass is 32.1. The Labute approximate surface area is 164 Å². The lowest BCUT2D eigenvalue weighted by Gasteiger charge is -2.26. The van der Waals surface area contributed by atoms with E-state index in [0.717, 1.165) is 40.2 Å². The largest absolute Gasteiger partial charge is 0.444 e. The predicted molar refractivity (Wildman–Crippen MR) is 107 cm³/mol. The molecule has 7 nitrogen and oxygen atoms in total. The number of ether oxygens (including phenoxy) is 2. The summed E-state index contributed by atoms with van der Waals surface area (Å²) in [6.07, 6.45) is 4.07. The molecule has 1 saturated carbocycles. The summed E-state index contributed by atoms with van der Waals surface area (Å²) in [4.78, 5) is 25.3. The number of nitrogens with zero attached hydrogens (tertiary/aromatic N) is 3. The smallest absolute Gasteiger partial charge is 0.407 e. The number of amides is 1. The van der Waals surface area contributed by atoms with Crippen molar-refractivity contribution in [2.45, 2.75) is 64.3 Å². The number of nitrogens with one attached hydrogen (secondary N) is 1. The molecular weight excluding hydrogens is 364 g/mol. The van der Waals surface area contributed by atoms with Crippen molar-refractivity contribution in [2.24, 2.45) is 0 Å². The second-order valence-electron chi connectivity index (χ2n) is 7.98. The van der Waals surface area contributed by atoms with Crippen LogP contribution in [0.1, 0.15) is 44.9 Å². The van der Waals surface area contributed by atoms with Crippen molar-refractivity contribution < 1.29 is 14.3 Å². The summed E-state index contributed by atoms with van der Waals surface area (Å²) in [6, 6.07) is 2.55. The summed E-state index contributed by atoms with van der Waals surface area (Å²) in [5, 5.41) is 4.05. The number of thiophene rings is 1. The van der Waals surface area contributed by atoms with Crippen molar-refractivity contribution >= 4 is 33.5 Å². The molecule has 1 fully saturated rings. The zero-order chi connectivity index (χ0) is 19.6. The molecule has 0 bridgehead atoms. The summed E-state index contributed by atoms with van der Waals surface area (Å²) in [5.41, 5.74) is -0.482. The number of hydrogen-bond donors (Lipinski definition) is 1. The number of anilines is 1. The Kier molecular flexibility index (Phi) is 5.86. The zero-order valence-corrected chi connectivity index (χ0v) is 17.4. The number of methoxy groups -OCH3 is 1. The first kappa shape index (κ1) is 19.8. The zero-order valence-electron chi connectivity index (χ0n) is 16.6. The van der Waals surface area contributed by atoms with Crippen molar-refractivity contribution in [1.82, 2.24) is 15.3 Å². The highest BCUT2D eigenvalue weighted by molar-refractivity contribution is 7.18. The monoisotopic (exact) mass is 392 g/mol. The van der Waals surface area contributed by atoms with Gasteiger partial charge in [-0.25, -0.2) is 14.8 Å². The fourth-order valence-corrected chi connectivity index (χ4v) is 4.44. The summed E-state index contributed by atoms with van der Waals surface area (Å²) in [6.45, 7) is 6.19. The van der Waals surface area contributed by atoms with Crippen LogP contribution in [0.25, 0.3) is 10.2 Å². The van der Waals surface area contributed by atoms with E-state index in [9.17, 15) is 4.79 Å². The van der Waals surface area contributed by atoms with Crippen LogP contribution in [-0.2, 0) is 16.1 Å². The first-order valence-electron chi connectivity index (χ1n) is 9.21. The Morgan fingerprint density at radius 3 is 2.85 bits per heavy atom. The van der Waals surface area contributed by atoms with Crippen molar-refractivity contribution in [2.75, 3.05) is 19.1 Å². The molecule has 1 aliphatic rings. The van der Waals surface area contributed by atoms with Gasteiger partial charge >= 0.3 is 6.09 Å². The Morgan fingerprint density at radius 2 is 2.15 bits per heavy atom. The summed E-state index contributed by atoms with van der Waals surface area (Å²) >= 11 is 1.63. The van der Waals surface area contributed by atoms with Crippen LogP contribution in [0, 0.1) is 0 Å². The highest BCUT2D eigenvalue weighted by Gasteiger charge is 2.31. The fraction of sp³-hybridized carbons (Fsp3) is 0.632. The summed E-state index contributed by atoms with van der Waals surface area (Å²) in [5.74, 6) is 0.932. The Hall–Kier alpha value is -1.93. The molecule has 1 aliphatic carbocycles. The molecule has 2 unspecified atom stereocenters. The van der Waals surface area contributed by atoms with Crippen molar-refractivity contribution in [1.29, 1.82) is 0 Å². The van der Waals surface area contributed by atoms with Crippen molar-refractivity contribution in [3.05, 3.63) is 17.3 Å². The van der Waals surface area contributed by atoms with Gasteiger partial charge in [-0.3, -0.25) is 0 Å². The molecule has 2 heterocycles. The van der Waals surface area contributed by atoms with Gasteiger partial charge in [-0.1, -0.05) is 0 Å². The first-order valence-corrected chi connectivity index (χ1v) is 10.0. The van der Waals surface area contributed by atoms with Crippen molar-refractivity contribution in [3.63, 3.8) is 0 Å². The van der Waals surface area contributed by atoms with Gasteiger partial charge in [-0.2, -0.15) is 0 Å². The molecule has 1 amide bonds. The molecule has 148 valence electrons. The third-order valence-electron chi connectivity index (χ3n) is 4.65. The number of carbonyl (C=O) groups is 1. The molecule has 2 aromatic rings. The second-order valence-corrected chi connectivity index (χ2v) is 9.10. The van der Waals surface area contributed by atoms with E-state index in [1.807, 2.05) is 20.8 Å². The molecule has 0 saturated heterocycles. The van der Waals surface area contributed by atoms with Crippen LogP contribution in [0.2, 0.25) is 0 Å². The third-order valence-corrected chi connectivity index (χ3v) is 5.67. The lowest BCUT2D eigenvalue weighted by Crippen LogP contribution is -2.39. The van der Waals surface area contributed by atoms with Gasteiger partial charge in [-0.15, -0.1) is 11.3 Å². The van der Waals surface area contributed by atoms with Gasteiger partial charge in [0.25, 0.3) is 0 Å². The van der Waals surface area contributed by atoms with Crippen LogP contribution < -0.4 is 10.2 Å². The number of aromatic nitrogens is 2. The minimum absolute atomic E-state index is 0.121. The Bertz CT molecular complexity index is 802. The van der Waals surface area contributed by atoms with Crippen LogP contribution >= 0.6 is 11.3 Å². The van der Waals surface area contributed by atoms with Crippen LogP contribution in [-0.4, -0.2) is 47.9 Å². The van der Waals surface area contributed by atoms with Crippen LogP contribution in [0.4, 0.5) is 10.6 Å². The van der Waals surface area contributed by atoms with Gasteiger partial charge < -0.3 is 19.7 Å². The van der Waals surface area contributed by atoms with Gasteiger partial charge in [-0.05, 0) is 46.1 Å². The SMILES string of the molecule is COCc1cc2c(N(C)C3CCC(NC(=O)OC(C)(C)C)C3)ncnc2s1. The molecule has 3 rings (SSSR count). The van der Waals surface area contributed by atoms with E-state index in [-0.39, 0.29) is 12.1 Å². The molecule has 8 heteroatoms. The van der Waals surface area contributed by atoms with E-state index in [2.05, 4.69) is 33.3 Å². The standard InChI is InChI=1S/C19H28N4O3S/c1-19(2,3)26-18(24)22-12-6-7-13(8-12)23(4)16-15-9-14(10-25-5)27-17(15)21-11-20-16/h9,11-13H,6-8,10H2,1-5H3,(H,22,24). The van der Waals surface area contributed by atoms with E-state index < -0.39 is 5.60 Å². The highest BCUT2D eigenvalue weighted by Crippen LogP contribution is 2.34. The number of carbonyl (C=O) groups excluding carboxylic acids is 1. The number of hydrogen-bond acceptors (Lipinski definition) is 7. The molecule has 2 atom stereocenters. The van der Waals surface area contributed by atoms with E-state index in [0.29, 0.717) is 12.6 Å². The molecular formula is C19H28N4O3S. The first-order chi connectivity index (χ1) is 12.8. The lowest BCUT2D eigenvalue weighted by molar-refractivity contribution is 0.0505. The second kappa shape index (κ2) is 7.98. The molecule has 2 aromatic heterocycles. The number of rotatable bonds is 5. The van der Waals surface area contributed by atoms with E-state index >= 15 is 0 Å². The number of fused-ring (bicyclic) bond motifs is 1.